The van der Waals surface area contributed by atoms with Crippen molar-refractivity contribution >= 4 is 0 Å². The van der Waals surface area contributed by atoms with Gasteiger partial charge in [-0.1, -0.05) is 18.2 Å². The van der Waals surface area contributed by atoms with Crippen LogP contribution in [-0.2, 0) is 0 Å². The van der Waals surface area contributed by atoms with Crippen molar-refractivity contribution in [1.29, 1.82) is 0 Å². The van der Waals surface area contributed by atoms with E-state index in [9.17, 15) is 5.11 Å². The number of aliphatic hydroxyl groups is 1. The van der Waals surface area contributed by atoms with E-state index in [2.05, 4.69) is 0 Å². The number of aryl methyl sites for hydroxylation is 1. The van der Waals surface area contributed by atoms with Crippen LogP contribution >= 0.6 is 0 Å². The maximum Gasteiger partial charge on any atom is 0.122 e. The first-order chi connectivity index (χ1) is 8.05. The van der Waals surface area contributed by atoms with Gasteiger partial charge in [0.2, 0.25) is 0 Å². The summed E-state index contributed by atoms with van der Waals surface area (Å²) in [7, 11) is 0. The van der Waals surface area contributed by atoms with Gasteiger partial charge in [0.1, 0.15) is 5.75 Å². The molecule has 0 amide bonds. The van der Waals surface area contributed by atoms with Crippen molar-refractivity contribution in [2.45, 2.75) is 38.7 Å². The quantitative estimate of drug-likeness (QED) is 0.715. The van der Waals surface area contributed by atoms with Crippen LogP contribution in [0.25, 0.3) is 0 Å². The number of rotatable bonds is 7. The summed E-state index contributed by atoms with van der Waals surface area (Å²) in [5.41, 5.74) is 5.87. The number of ether oxygens (including phenoxy) is 1. The summed E-state index contributed by atoms with van der Waals surface area (Å²) in [6.45, 7) is 4.81. The Morgan fingerprint density at radius 1 is 1.29 bits per heavy atom. The molecule has 0 heterocycles. The van der Waals surface area contributed by atoms with Crippen LogP contribution in [0.4, 0.5) is 0 Å². The highest BCUT2D eigenvalue weighted by Gasteiger charge is 2.16. The third-order valence-electron chi connectivity index (χ3n) is 2.90. The molecule has 0 fully saturated rings. The topological polar surface area (TPSA) is 55.5 Å². The average molecular weight is 237 g/mol. The fourth-order valence-electron chi connectivity index (χ4n) is 1.61. The minimum absolute atomic E-state index is 0.311. The van der Waals surface area contributed by atoms with E-state index in [1.54, 1.807) is 6.92 Å². The van der Waals surface area contributed by atoms with Gasteiger partial charge in [-0.15, -0.1) is 0 Å². The molecule has 17 heavy (non-hydrogen) atoms. The summed E-state index contributed by atoms with van der Waals surface area (Å²) in [4.78, 5) is 0. The molecule has 0 saturated carbocycles. The molecule has 96 valence electrons. The molecule has 0 aliphatic rings. The predicted molar refractivity (Wildman–Crippen MR) is 70.2 cm³/mol. The van der Waals surface area contributed by atoms with Gasteiger partial charge >= 0.3 is 0 Å². The summed E-state index contributed by atoms with van der Waals surface area (Å²) in [5.74, 6) is 0.943. The number of benzene rings is 1. The van der Waals surface area contributed by atoms with E-state index < -0.39 is 5.60 Å². The lowest BCUT2D eigenvalue weighted by Crippen LogP contribution is -2.33. The zero-order valence-corrected chi connectivity index (χ0v) is 10.8. The van der Waals surface area contributed by atoms with Gasteiger partial charge < -0.3 is 15.6 Å². The molecule has 0 aromatic heterocycles. The second kappa shape index (κ2) is 6.62. The lowest BCUT2D eigenvalue weighted by molar-refractivity contribution is 0.0562. The highest BCUT2D eigenvalue weighted by molar-refractivity contribution is 5.31. The van der Waals surface area contributed by atoms with Crippen LogP contribution in [0.1, 0.15) is 31.7 Å². The van der Waals surface area contributed by atoms with Crippen LogP contribution in [0.15, 0.2) is 24.3 Å². The van der Waals surface area contributed by atoms with Crippen molar-refractivity contribution in [1.82, 2.24) is 0 Å². The van der Waals surface area contributed by atoms with E-state index in [1.807, 2.05) is 31.2 Å². The van der Waals surface area contributed by atoms with Gasteiger partial charge in [-0.2, -0.15) is 0 Å². The van der Waals surface area contributed by atoms with Crippen molar-refractivity contribution in [3.05, 3.63) is 29.8 Å². The van der Waals surface area contributed by atoms with Crippen molar-refractivity contribution in [2.24, 2.45) is 5.73 Å². The molecule has 0 saturated heterocycles. The van der Waals surface area contributed by atoms with Crippen LogP contribution < -0.4 is 10.5 Å². The summed E-state index contributed by atoms with van der Waals surface area (Å²) in [6.07, 6.45) is 2.58. The van der Waals surface area contributed by atoms with Gasteiger partial charge in [-0.3, -0.25) is 0 Å². The van der Waals surface area contributed by atoms with Crippen molar-refractivity contribution in [3.8, 4) is 5.75 Å². The Labute approximate surface area is 104 Å². The molecule has 1 rings (SSSR count). The maximum atomic E-state index is 9.72. The molecule has 3 nitrogen and oxygen atoms in total. The first kappa shape index (κ1) is 14.0. The standard InChI is InChI=1S/C14H23NO2/c1-12-7-3-4-8-13(12)17-10-6-5-9-14(2,16)11-15/h3-4,7-8,16H,5-6,9-11,15H2,1-2H3. The average Bonchev–Trinajstić information content (AvgIpc) is 2.31. The SMILES string of the molecule is Cc1ccccc1OCCCCC(C)(O)CN. The van der Waals surface area contributed by atoms with E-state index >= 15 is 0 Å². The van der Waals surface area contributed by atoms with Crippen molar-refractivity contribution in [3.63, 3.8) is 0 Å². The van der Waals surface area contributed by atoms with Gasteiger partial charge in [-0.25, -0.2) is 0 Å². The predicted octanol–water partition coefficient (Wildman–Crippen LogP) is 2.25. The monoisotopic (exact) mass is 237 g/mol. The Bertz CT molecular complexity index is 337. The van der Waals surface area contributed by atoms with Gasteiger partial charge in [0.15, 0.2) is 0 Å². The molecule has 0 aliphatic heterocycles. The molecule has 0 spiro atoms. The second-order valence-corrected chi connectivity index (χ2v) is 4.77. The number of hydrogen-bond donors (Lipinski definition) is 2. The number of hydrogen-bond acceptors (Lipinski definition) is 3. The highest BCUT2D eigenvalue weighted by atomic mass is 16.5. The van der Waals surface area contributed by atoms with Crippen LogP contribution in [-0.4, -0.2) is 23.9 Å². The van der Waals surface area contributed by atoms with E-state index in [0.29, 0.717) is 13.2 Å². The lowest BCUT2D eigenvalue weighted by Gasteiger charge is -2.20. The minimum Gasteiger partial charge on any atom is -0.493 e. The van der Waals surface area contributed by atoms with Crippen LogP contribution in [0.3, 0.4) is 0 Å². The van der Waals surface area contributed by atoms with E-state index in [4.69, 9.17) is 10.5 Å². The molecule has 0 aliphatic carbocycles. The Balaban J connectivity index is 2.19. The molecule has 3 heteroatoms. The van der Waals surface area contributed by atoms with E-state index in [0.717, 1.165) is 30.6 Å². The largest absolute Gasteiger partial charge is 0.493 e. The molecule has 3 N–H and O–H groups in total. The minimum atomic E-state index is -0.733. The molecular weight excluding hydrogens is 214 g/mol. The summed E-state index contributed by atoms with van der Waals surface area (Å²) >= 11 is 0. The van der Waals surface area contributed by atoms with Gasteiger partial charge in [0, 0.05) is 6.54 Å². The summed E-state index contributed by atoms with van der Waals surface area (Å²) < 4.78 is 5.67. The molecule has 1 aromatic carbocycles. The fourth-order valence-corrected chi connectivity index (χ4v) is 1.61. The summed E-state index contributed by atoms with van der Waals surface area (Å²) in [5, 5.41) is 9.72. The van der Waals surface area contributed by atoms with Crippen molar-refractivity contribution < 1.29 is 9.84 Å². The first-order valence-electron chi connectivity index (χ1n) is 6.16. The second-order valence-electron chi connectivity index (χ2n) is 4.77. The first-order valence-corrected chi connectivity index (χ1v) is 6.16. The molecular formula is C14H23NO2. The van der Waals surface area contributed by atoms with Crippen LogP contribution in [0, 0.1) is 6.92 Å². The van der Waals surface area contributed by atoms with Gasteiger partial charge in [-0.05, 0) is 44.7 Å². The Morgan fingerprint density at radius 2 is 2.00 bits per heavy atom. The third kappa shape index (κ3) is 5.20. The van der Waals surface area contributed by atoms with Crippen molar-refractivity contribution in [2.75, 3.05) is 13.2 Å². The molecule has 0 radical (unpaired) electrons. The van der Waals surface area contributed by atoms with E-state index in [-0.39, 0.29) is 0 Å². The zero-order chi connectivity index (χ0) is 12.7. The Morgan fingerprint density at radius 3 is 2.65 bits per heavy atom. The smallest absolute Gasteiger partial charge is 0.122 e. The fraction of sp³-hybridized carbons (Fsp3) is 0.571. The van der Waals surface area contributed by atoms with Gasteiger partial charge in [0.25, 0.3) is 0 Å². The Kier molecular flexibility index (Phi) is 5.45. The van der Waals surface area contributed by atoms with Gasteiger partial charge in [0.05, 0.1) is 12.2 Å². The Hall–Kier alpha value is -1.06. The number of para-hydroxylation sites is 1. The van der Waals surface area contributed by atoms with Crippen LogP contribution in [0.2, 0.25) is 0 Å². The zero-order valence-electron chi connectivity index (χ0n) is 10.8. The number of nitrogens with two attached hydrogens (primary N) is 1. The molecule has 0 bridgehead atoms. The molecule has 1 aromatic rings. The summed E-state index contributed by atoms with van der Waals surface area (Å²) in [6, 6.07) is 7.99. The highest BCUT2D eigenvalue weighted by Crippen LogP contribution is 2.17. The molecule has 1 unspecified atom stereocenters. The third-order valence-corrected chi connectivity index (χ3v) is 2.90. The van der Waals surface area contributed by atoms with E-state index in [1.165, 1.54) is 0 Å². The number of unbranched alkanes of at least 4 members (excludes halogenated alkanes) is 1. The lowest BCUT2D eigenvalue weighted by atomic mass is 10.00. The normalized spacial score (nSPS) is 14.4. The van der Waals surface area contributed by atoms with Crippen LogP contribution in [0.5, 0.6) is 5.75 Å². The maximum absolute atomic E-state index is 9.72. The molecule has 1 atom stereocenters.